The molecule has 0 spiro atoms. The topological polar surface area (TPSA) is 52.0 Å². The van der Waals surface area contributed by atoms with Crippen LogP contribution in [0.15, 0.2) is 60.9 Å². The van der Waals surface area contributed by atoms with Gasteiger partial charge >= 0.3 is 0 Å². The molecule has 24 heavy (non-hydrogen) atoms. The van der Waals surface area contributed by atoms with Crippen molar-refractivity contribution in [3.05, 3.63) is 77.9 Å². The molecule has 0 saturated carbocycles. The Balaban J connectivity index is 1.80. The van der Waals surface area contributed by atoms with Crippen LogP contribution >= 0.6 is 0 Å². The number of halogens is 1. The lowest BCUT2D eigenvalue weighted by Crippen LogP contribution is -2.20. The van der Waals surface area contributed by atoms with Gasteiger partial charge in [0.1, 0.15) is 23.9 Å². The van der Waals surface area contributed by atoms with E-state index in [1.165, 1.54) is 18.5 Å². The molecule has 1 N–H and O–H groups in total. The van der Waals surface area contributed by atoms with Gasteiger partial charge in [-0.3, -0.25) is 0 Å². The maximum atomic E-state index is 13.2. The molecule has 6 heteroatoms. The van der Waals surface area contributed by atoms with E-state index in [2.05, 4.69) is 15.4 Å². The molecule has 4 rings (SSSR count). The second-order valence-electron chi connectivity index (χ2n) is 5.46. The summed E-state index contributed by atoms with van der Waals surface area (Å²) in [7, 11) is 1.64. The molecule has 2 aromatic carbocycles. The summed E-state index contributed by atoms with van der Waals surface area (Å²) in [5.41, 5.74) is 2.78. The molecule has 0 unspecified atom stereocenters. The van der Waals surface area contributed by atoms with Crippen LogP contribution in [-0.4, -0.2) is 21.9 Å². The highest BCUT2D eigenvalue weighted by Gasteiger charge is 2.23. The zero-order valence-electron chi connectivity index (χ0n) is 13.0. The van der Waals surface area contributed by atoms with Gasteiger partial charge in [0.25, 0.3) is 0 Å². The Morgan fingerprint density at radius 3 is 2.79 bits per heavy atom. The van der Waals surface area contributed by atoms with Crippen molar-refractivity contribution in [2.75, 3.05) is 12.4 Å². The first-order chi connectivity index (χ1) is 11.7. The van der Waals surface area contributed by atoms with Gasteiger partial charge in [-0.2, -0.15) is 10.1 Å². The fourth-order valence-electron chi connectivity index (χ4n) is 2.79. The summed E-state index contributed by atoms with van der Waals surface area (Å²) in [5.74, 6) is 1.16. The van der Waals surface area contributed by atoms with Crippen LogP contribution in [0.5, 0.6) is 5.75 Å². The van der Waals surface area contributed by atoms with Crippen molar-refractivity contribution in [2.45, 2.75) is 6.04 Å². The maximum Gasteiger partial charge on any atom is 0.226 e. The van der Waals surface area contributed by atoms with Gasteiger partial charge in [-0.15, -0.1) is 0 Å². The molecule has 0 bridgehead atoms. The van der Waals surface area contributed by atoms with Crippen LogP contribution in [0.4, 0.5) is 10.3 Å². The quantitative estimate of drug-likeness (QED) is 0.802. The largest absolute Gasteiger partial charge is 0.497 e. The van der Waals surface area contributed by atoms with Crippen molar-refractivity contribution in [3.63, 3.8) is 0 Å². The van der Waals surface area contributed by atoms with E-state index in [0.29, 0.717) is 5.95 Å². The molecular weight excluding hydrogens is 307 g/mol. The van der Waals surface area contributed by atoms with Gasteiger partial charge in [0.2, 0.25) is 5.95 Å². The minimum atomic E-state index is -0.261. The summed E-state index contributed by atoms with van der Waals surface area (Å²) in [4.78, 5) is 4.26. The fourth-order valence-corrected chi connectivity index (χ4v) is 2.79. The van der Waals surface area contributed by atoms with E-state index < -0.39 is 0 Å². The van der Waals surface area contributed by atoms with Gasteiger partial charge in [0.05, 0.1) is 7.11 Å². The second-order valence-corrected chi connectivity index (χ2v) is 5.46. The van der Waals surface area contributed by atoms with Crippen molar-refractivity contribution < 1.29 is 9.13 Å². The Labute approximate surface area is 138 Å². The van der Waals surface area contributed by atoms with E-state index in [1.807, 2.05) is 35.0 Å². The number of anilines is 1. The van der Waals surface area contributed by atoms with Crippen molar-refractivity contribution >= 4 is 11.6 Å². The van der Waals surface area contributed by atoms with Gasteiger partial charge < -0.3 is 10.1 Å². The molecule has 1 aliphatic rings. The van der Waals surface area contributed by atoms with Crippen molar-refractivity contribution in [1.82, 2.24) is 14.8 Å². The Morgan fingerprint density at radius 1 is 1.17 bits per heavy atom. The lowest BCUT2D eigenvalue weighted by molar-refractivity contribution is 0.413. The SMILES string of the molecule is COc1cccc([C@@H]2C=C(c3ccc(F)cc3)Nc3ncnn32)c1. The van der Waals surface area contributed by atoms with Crippen LogP contribution < -0.4 is 10.1 Å². The number of ether oxygens (including phenoxy) is 1. The summed E-state index contributed by atoms with van der Waals surface area (Å²) in [6, 6.07) is 14.1. The molecule has 0 amide bonds. The number of benzene rings is 2. The smallest absolute Gasteiger partial charge is 0.226 e. The number of fused-ring (bicyclic) bond motifs is 1. The Kier molecular flexibility index (Phi) is 3.49. The average molecular weight is 322 g/mol. The first kappa shape index (κ1) is 14.4. The summed E-state index contributed by atoms with van der Waals surface area (Å²) in [6.45, 7) is 0. The Hall–Kier alpha value is -3.15. The molecule has 1 aliphatic heterocycles. The summed E-state index contributed by atoms with van der Waals surface area (Å²) >= 11 is 0. The maximum absolute atomic E-state index is 13.2. The third-order valence-electron chi connectivity index (χ3n) is 4.00. The zero-order valence-corrected chi connectivity index (χ0v) is 13.0. The molecule has 2 heterocycles. The van der Waals surface area contributed by atoms with E-state index in [1.54, 1.807) is 19.2 Å². The number of methoxy groups -OCH3 is 1. The minimum Gasteiger partial charge on any atom is -0.497 e. The van der Waals surface area contributed by atoms with Crippen molar-refractivity contribution in [1.29, 1.82) is 0 Å². The van der Waals surface area contributed by atoms with Gasteiger partial charge in [0, 0.05) is 5.70 Å². The average Bonchev–Trinajstić information content (AvgIpc) is 3.10. The number of nitrogens with zero attached hydrogens (tertiary/aromatic N) is 3. The van der Waals surface area contributed by atoms with Crippen LogP contribution in [0.3, 0.4) is 0 Å². The number of allylic oxidation sites excluding steroid dienone is 1. The normalized spacial score (nSPS) is 16.1. The van der Waals surface area contributed by atoms with Crippen LogP contribution in [0.25, 0.3) is 5.70 Å². The Bertz CT molecular complexity index is 901. The highest BCUT2D eigenvalue weighted by molar-refractivity contribution is 5.77. The van der Waals surface area contributed by atoms with E-state index in [-0.39, 0.29) is 11.9 Å². The minimum absolute atomic E-state index is 0.126. The second kappa shape index (κ2) is 5.81. The third kappa shape index (κ3) is 2.52. The van der Waals surface area contributed by atoms with E-state index in [4.69, 9.17) is 4.74 Å². The molecule has 1 aromatic heterocycles. The van der Waals surface area contributed by atoms with Crippen LogP contribution in [0.1, 0.15) is 17.2 Å². The summed E-state index contributed by atoms with van der Waals surface area (Å²) in [5, 5.41) is 7.55. The van der Waals surface area contributed by atoms with Crippen molar-refractivity contribution in [3.8, 4) is 5.75 Å². The standard InChI is InChI=1S/C18H15FN4O/c1-24-15-4-2-3-13(9-15)17-10-16(12-5-7-14(19)8-6-12)22-18-20-11-21-23(17)18/h2-11,17H,1H3,(H,20,21,22)/t17-/m0/s1. The fraction of sp³-hybridized carbons (Fsp3) is 0.111. The zero-order chi connectivity index (χ0) is 16.5. The molecule has 0 aliphatic carbocycles. The lowest BCUT2D eigenvalue weighted by Gasteiger charge is -2.24. The van der Waals surface area contributed by atoms with Crippen LogP contribution in [0, 0.1) is 5.82 Å². The summed E-state index contributed by atoms with van der Waals surface area (Å²) < 4.78 is 20.3. The van der Waals surface area contributed by atoms with Gasteiger partial charge in [-0.1, -0.05) is 12.1 Å². The lowest BCUT2D eigenvalue weighted by atomic mass is 10.0. The number of rotatable bonds is 3. The molecule has 3 aromatic rings. The highest BCUT2D eigenvalue weighted by Crippen LogP contribution is 2.33. The van der Waals surface area contributed by atoms with Gasteiger partial charge in [0.15, 0.2) is 0 Å². The first-order valence-electron chi connectivity index (χ1n) is 7.53. The molecule has 0 fully saturated rings. The molecule has 0 saturated heterocycles. The first-order valence-corrected chi connectivity index (χ1v) is 7.53. The summed E-state index contributed by atoms with van der Waals surface area (Å²) in [6.07, 6.45) is 3.56. The number of hydrogen-bond acceptors (Lipinski definition) is 4. The van der Waals surface area contributed by atoms with E-state index in [9.17, 15) is 4.39 Å². The van der Waals surface area contributed by atoms with Crippen LogP contribution in [-0.2, 0) is 0 Å². The van der Waals surface area contributed by atoms with Crippen LogP contribution in [0.2, 0.25) is 0 Å². The van der Waals surface area contributed by atoms with Gasteiger partial charge in [-0.25, -0.2) is 9.07 Å². The molecule has 1 atom stereocenters. The predicted octanol–water partition coefficient (Wildman–Crippen LogP) is 3.48. The number of hydrogen-bond donors (Lipinski definition) is 1. The third-order valence-corrected chi connectivity index (χ3v) is 4.00. The Morgan fingerprint density at radius 2 is 2.00 bits per heavy atom. The molecule has 120 valence electrons. The van der Waals surface area contributed by atoms with Gasteiger partial charge in [-0.05, 0) is 53.6 Å². The molecule has 5 nitrogen and oxygen atoms in total. The number of aromatic nitrogens is 3. The van der Waals surface area contributed by atoms with E-state index in [0.717, 1.165) is 22.6 Å². The molecule has 0 radical (unpaired) electrons. The number of nitrogens with one attached hydrogen (secondary N) is 1. The highest BCUT2D eigenvalue weighted by atomic mass is 19.1. The predicted molar refractivity (Wildman–Crippen MR) is 89.2 cm³/mol. The molecular formula is C18H15FN4O. The van der Waals surface area contributed by atoms with E-state index >= 15 is 0 Å². The monoisotopic (exact) mass is 322 g/mol. The van der Waals surface area contributed by atoms with Crippen molar-refractivity contribution in [2.24, 2.45) is 0 Å².